The zero-order chi connectivity index (χ0) is 14.6. The van der Waals surface area contributed by atoms with Crippen LogP contribution in [0.15, 0.2) is 24.3 Å². The number of nitrogens with two attached hydrogens (primary N) is 1. The third-order valence-electron chi connectivity index (χ3n) is 6.18. The Bertz CT molecular complexity index is 568. The topological polar surface area (TPSA) is 46.3 Å². The second-order valence-electron chi connectivity index (χ2n) is 7.14. The van der Waals surface area contributed by atoms with Gasteiger partial charge in [0.15, 0.2) is 0 Å². The summed E-state index contributed by atoms with van der Waals surface area (Å²) < 4.78 is 0. The van der Waals surface area contributed by atoms with Crippen molar-refractivity contribution < 1.29 is 4.79 Å². The number of hydrogen-bond donors (Lipinski definition) is 1. The normalized spacial score (nSPS) is 36.8. The zero-order valence-electron chi connectivity index (χ0n) is 12.7. The Morgan fingerprint density at radius 2 is 1.95 bits per heavy atom. The zero-order valence-corrected chi connectivity index (χ0v) is 12.7. The maximum atomic E-state index is 13.0. The van der Waals surface area contributed by atoms with Gasteiger partial charge in [-0.25, -0.2) is 0 Å². The molecule has 0 aromatic heterocycles. The van der Waals surface area contributed by atoms with Crippen molar-refractivity contribution in [2.24, 2.45) is 23.5 Å². The summed E-state index contributed by atoms with van der Waals surface area (Å²) in [6.45, 7) is 0. The molecule has 5 unspecified atom stereocenters. The van der Waals surface area contributed by atoms with E-state index in [0.717, 1.165) is 12.8 Å². The summed E-state index contributed by atoms with van der Waals surface area (Å²) >= 11 is 0. The second kappa shape index (κ2) is 4.84. The molecule has 3 aliphatic carbocycles. The Hall–Kier alpha value is -1.35. The lowest BCUT2D eigenvalue weighted by Crippen LogP contribution is -2.46. The van der Waals surface area contributed by atoms with E-state index in [-0.39, 0.29) is 23.9 Å². The molecule has 2 saturated carbocycles. The van der Waals surface area contributed by atoms with Crippen molar-refractivity contribution in [2.45, 2.75) is 44.2 Å². The van der Waals surface area contributed by atoms with E-state index in [1.807, 2.05) is 11.9 Å². The number of carbonyl (C=O) groups excluding carboxylic acids is 1. The molecule has 4 rings (SSSR count). The fourth-order valence-corrected chi connectivity index (χ4v) is 5.03. The van der Waals surface area contributed by atoms with Gasteiger partial charge in [-0.1, -0.05) is 24.3 Å². The van der Waals surface area contributed by atoms with Gasteiger partial charge < -0.3 is 10.6 Å². The summed E-state index contributed by atoms with van der Waals surface area (Å²) in [6.07, 6.45) is 5.74. The average molecular weight is 284 g/mol. The Morgan fingerprint density at radius 3 is 2.71 bits per heavy atom. The minimum Gasteiger partial charge on any atom is -0.338 e. The Balaban J connectivity index is 1.56. The van der Waals surface area contributed by atoms with E-state index >= 15 is 0 Å². The van der Waals surface area contributed by atoms with Gasteiger partial charge in [0, 0.05) is 13.1 Å². The Morgan fingerprint density at radius 1 is 1.19 bits per heavy atom. The monoisotopic (exact) mass is 284 g/mol. The van der Waals surface area contributed by atoms with E-state index in [4.69, 9.17) is 5.73 Å². The average Bonchev–Trinajstić information content (AvgIpc) is 3.19. The van der Waals surface area contributed by atoms with E-state index in [1.54, 1.807) is 0 Å². The molecule has 0 saturated heterocycles. The minimum atomic E-state index is 0.0708. The van der Waals surface area contributed by atoms with Crippen molar-refractivity contribution in [3.63, 3.8) is 0 Å². The first-order chi connectivity index (χ1) is 10.2. The van der Waals surface area contributed by atoms with Crippen LogP contribution in [-0.2, 0) is 11.2 Å². The predicted octanol–water partition coefficient (Wildman–Crippen LogP) is 2.51. The van der Waals surface area contributed by atoms with Crippen molar-refractivity contribution >= 4 is 5.91 Å². The summed E-state index contributed by atoms with van der Waals surface area (Å²) in [4.78, 5) is 15.0. The molecule has 0 radical (unpaired) electrons. The highest BCUT2D eigenvalue weighted by atomic mass is 16.2. The summed E-state index contributed by atoms with van der Waals surface area (Å²) in [5, 5.41) is 0. The van der Waals surface area contributed by atoms with Crippen LogP contribution in [0.4, 0.5) is 0 Å². The standard InChI is InChI=1S/C18H24N2O/c1-20(15-9-8-11-4-2-3-5-14(11)15)18(21)16-12-6-7-13(10-12)17(16)19/h2-5,12-13,15-17H,6-10,19H2,1H3. The molecule has 3 aliphatic rings. The molecule has 0 aliphatic heterocycles. The smallest absolute Gasteiger partial charge is 0.227 e. The van der Waals surface area contributed by atoms with E-state index in [1.165, 1.54) is 30.4 Å². The highest BCUT2D eigenvalue weighted by Gasteiger charge is 2.50. The number of benzene rings is 1. The third kappa shape index (κ3) is 1.94. The number of nitrogens with zero attached hydrogens (tertiary/aromatic N) is 1. The lowest BCUT2D eigenvalue weighted by atomic mass is 9.83. The van der Waals surface area contributed by atoms with Crippen molar-refractivity contribution in [3.05, 3.63) is 35.4 Å². The first-order valence-electron chi connectivity index (χ1n) is 8.27. The van der Waals surface area contributed by atoms with Crippen LogP contribution in [0.2, 0.25) is 0 Å². The molecule has 3 heteroatoms. The molecule has 2 N–H and O–H groups in total. The van der Waals surface area contributed by atoms with Crippen LogP contribution < -0.4 is 5.73 Å². The van der Waals surface area contributed by atoms with Gasteiger partial charge in [0.2, 0.25) is 5.91 Å². The fourth-order valence-electron chi connectivity index (χ4n) is 5.03. The number of rotatable bonds is 2. The van der Waals surface area contributed by atoms with Gasteiger partial charge >= 0.3 is 0 Å². The summed E-state index contributed by atoms with van der Waals surface area (Å²) in [5.41, 5.74) is 9.09. The number of fused-ring (bicyclic) bond motifs is 3. The van der Waals surface area contributed by atoms with Crippen molar-refractivity contribution in [3.8, 4) is 0 Å². The molecule has 3 nitrogen and oxygen atoms in total. The van der Waals surface area contributed by atoms with Gasteiger partial charge in [0.05, 0.1) is 12.0 Å². The molecule has 2 bridgehead atoms. The predicted molar refractivity (Wildman–Crippen MR) is 82.6 cm³/mol. The van der Waals surface area contributed by atoms with Crippen LogP contribution in [0, 0.1) is 17.8 Å². The molecular weight excluding hydrogens is 260 g/mol. The molecule has 1 aromatic carbocycles. The van der Waals surface area contributed by atoms with Gasteiger partial charge in [-0.2, -0.15) is 0 Å². The van der Waals surface area contributed by atoms with Crippen molar-refractivity contribution in [1.29, 1.82) is 0 Å². The maximum Gasteiger partial charge on any atom is 0.227 e. The highest BCUT2D eigenvalue weighted by molar-refractivity contribution is 5.81. The van der Waals surface area contributed by atoms with Crippen LogP contribution in [-0.4, -0.2) is 23.9 Å². The first kappa shape index (κ1) is 13.3. The van der Waals surface area contributed by atoms with E-state index < -0.39 is 0 Å². The second-order valence-corrected chi connectivity index (χ2v) is 7.14. The minimum absolute atomic E-state index is 0.0708. The highest BCUT2D eigenvalue weighted by Crippen LogP contribution is 2.49. The van der Waals surface area contributed by atoms with Crippen LogP contribution in [0.5, 0.6) is 0 Å². The SMILES string of the molecule is CN(C(=O)C1C2CCC(C2)C1N)C1CCc2ccccc21. The largest absolute Gasteiger partial charge is 0.338 e. The van der Waals surface area contributed by atoms with Gasteiger partial charge in [0.25, 0.3) is 0 Å². The van der Waals surface area contributed by atoms with Gasteiger partial charge in [0.1, 0.15) is 0 Å². The van der Waals surface area contributed by atoms with Gasteiger partial charge in [-0.3, -0.25) is 4.79 Å². The number of hydrogen-bond acceptors (Lipinski definition) is 2. The van der Waals surface area contributed by atoms with Crippen LogP contribution >= 0.6 is 0 Å². The van der Waals surface area contributed by atoms with Gasteiger partial charge in [-0.05, 0) is 55.1 Å². The van der Waals surface area contributed by atoms with E-state index in [0.29, 0.717) is 11.8 Å². The molecule has 0 spiro atoms. The van der Waals surface area contributed by atoms with Crippen molar-refractivity contribution in [2.75, 3.05) is 7.05 Å². The first-order valence-corrected chi connectivity index (χ1v) is 8.27. The summed E-state index contributed by atoms with van der Waals surface area (Å²) in [7, 11) is 1.98. The molecule has 1 amide bonds. The molecular formula is C18H24N2O. The summed E-state index contributed by atoms with van der Waals surface area (Å²) in [5.74, 6) is 1.49. The fraction of sp³-hybridized carbons (Fsp3) is 0.611. The number of aryl methyl sites for hydroxylation is 1. The molecule has 112 valence electrons. The molecule has 21 heavy (non-hydrogen) atoms. The lowest BCUT2D eigenvalue weighted by Gasteiger charge is -2.34. The molecule has 0 heterocycles. The molecule has 5 atom stereocenters. The third-order valence-corrected chi connectivity index (χ3v) is 6.18. The molecule has 1 aromatic rings. The number of amides is 1. The maximum absolute atomic E-state index is 13.0. The van der Waals surface area contributed by atoms with Gasteiger partial charge in [-0.15, -0.1) is 0 Å². The Kier molecular flexibility index (Phi) is 3.07. The quantitative estimate of drug-likeness (QED) is 0.907. The molecule has 2 fully saturated rings. The lowest BCUT2D eigenvalue weighted by molar-refractivity contribution is -0.138. The van der Waals surface area contributed by atoms with Crippen LogP contribution in [0.25, 0.3) is 0 Å². The van der Waals surface area contributed by atoms with Crippen LogP contribution in [0.1, 0.15) is 42.9 Å². The summed E-state index contributed by atoms with van der Waals surface area (Å²) in [6, 6.07) is 8.89. The van der Waals surface area contributed by atoms with Crippen LogP contribution in [0.3, 0.4) is 0 Å². The number of carbonyl (C=O) groups is 1. The Labute approximate surface area is 126 Å². The van der Waals surface area contributed by atoms with Crippen molar-refractivity contribution in [1.82, 2.24) is 4.90 Å². The van der Waals surface area contributed by atoms with E-state index in [2.05, 4.69) is 24.3 Å². The van der Waals surface area contributed by atoms with E-state index in [9.17, 15) is 4.79 Å².